The monoisotopic (exact) mass is 410 g/mol. The van der Waals surface area contributed by atoms with Crippen LogP contribution >= 0.6 is 0 Å². The van der Waals surface area contributed by atoms with Crippen LogP contribution in [0.25, 0.3) is 11.1 Å². The fraction of sp³-hybridized carbons (Fsp3) is 0.348. The molecule has 0 heterocycles. The van der Waals surface area contributed by atoms with Crippen molar-refractivity contribution in [2.45, 2.75) is 38.8 Å². The van der Waals surface area contributed by atoms with Crippen molar-refractivity contribution >= 4 is 18.0 Å². The Morgan fingerprint density at radius 3 is 1.97 bits per heavy atom. The summed E-state index contributed by atoms with van der Waals surface area (Å²) in [6.45, 7) is 5.03. The predicted octanol–water partition coefficient (Wildman–Crippen LogP) is 3.14. The minimum atomic E-state index is -1.15. The fourth-order valence-electron chi connectivity index (χ4n) is 3.67. The molecule has 0 aliphatic heterocycles. The number of fused-ring (bicyclic) bond motifs is 3. The highest BCUT2D eigenvalue weighted by molar-refractivity contribution is 5.89. The van der Waals surface area contributed by atoms with Crippen molar-refractivity contribution in [2.75, 3.05) is 6.61 Å². The first-order valence-corrected chi connectivity index (χ1v) is 9.94. The van der Waals surface area contributed by atoms with Crippen LogP contribution in [0.1, 0.15) is 37.8 Å². The van der Waals surface area contributed by atoms with Gasteiger partial charge in [-0.3, -0.25) is 9.59 Å². The fourth-order valence-corrected chi connectivity index (χ4v) is 3.67. The zero-order valence-corrected chi connectivity index (χ0v) is 17.2. The Morgan fingerprint density at radius 2 is 1.47 bits per heavy atom. The summed E-state index contributed by atoms with van der Waals surface area (Å²) in [6, 6.07) is 14.1. The molecule has 1 aliphatic rings. The van der Waals surface area contributed by atoms with Crippen LogP contribution in [0.3, 0.4) is 0 Å². The van der Waals surface area contributed by atoms with Crippen molar-refractivity contribution in [1.82, 2.24) is 10.6 Å². The zero-order chi connectivity index (χ0) is 21.8. The number of benzene rings is 2. The Bertz CT molecular complexity index is 911. The second-order valence-corrected chi connectivity index (χ2v) is 7.76. The summed E-state index contributed by atoms with van der Waals surface area (Å²) in [5, 5.41) is 13.9. The molecule has 0 aromatic heterocycles. The molecule has 3 N–H and O–H groups in total. The lowest BCUT2D eigenvalue weighted by atomic mass is 9.98. The molecule has 30 heavy (non-hydrogen) atoms. The van der Waals surface area contributed by atoms with Gasteiger partial charge in [0.25, 0.3) is 0 Å². The van der Waals surface area contributed by atoms with E-state index in [4.69, 9.17) is 9.84 Å². The summed E-state index contributed by atoms with van der Waals surface area (Å²) in [5.74, 6) is -2.03. The third-order valence-corrected chi connectivity index (χ3v) is 5.30. The first kappa shape index (κ1) is 21.4. The van der Waals surface area contributed by atoms with E-state index in [0.717, 1.165) is 22.3 Å². The van der Waals surface area contributed by atoms with Crippen molar-refractivity contribution in [1.29, 1.82) is 0 Å². The van der Waals surface area contributed by atoms with Crippen molar-refractivity contribution in [2.24, 2.45) is 5.92 Å². The zero-order valence-electron chi connectivity index (χ0n) is 17.2. The van der Waals surface area contributed by atoms with Gasteiger partial charge in [-0.15, -0.1) is 0 Å². The third kappa shape index (κ3) is 4.45. The van der Waals surface area contributed by atoms with Crippen molar-refractivity contribution in [3.05, 3.63) is 59.7 Å². The number of nitrogens with one attached hydrogen (secondary N) is 2. The number of amides is 2. The van der Waals surface area contributed by atoms with Crippen LogP contribution in [-0.2, 0) is 14.3 Å². The number of aliphatic carboxylic acids is 1. The lowest BCUT2D eigenvalue weighted by Gasteiger charge is -2.23. The molecule has 1 aliphatic carbocycles. The number of hydrogen-bond donors (Lipinski definition) is 3. The van der Waals surface area contributed by atoms with Crippen LogP contribution in [0.5, 0.6) is 0 Å². The summed E-state index contributed by atoms with van der Waals surface area (Å²) in [7, 11) is 0. The molecule has 0 bridgehead atoms. The van der Waals surface area contributed by atoms with Crippen molar-refractivity contribution < 1.29 is 24.2 Å². The van der Waals surface area contributed by atoms with Gasteiger partial charge in [0.2, 0.25) is 5.91 Å². The van der Waals surface area contributed by atoms with E-state index in [2.05, 4.69) is 22.8 Å². The highest BCUT2D eigenvalue weighted by Gasteiger charge is 2.31. The molecule has 2 aromatic rings. The lowest BCUT2D eigenvalue weighted by Crippen LogP contribution is -2.53. The number of hydrogen-bond acceptors (Lipinski definition) is 4. The second kappa shape index (κ2) is 8.98. The molecule has 3 rings (SSSR count). The van der Waals surface area contributed by atoms with E-state index in [-0.39, 0.29) is 18.4 Å². The van der Waals surface area contributed by atoms with Gasteiger partial charge in [-0.2, -0.15) is 0 Å². The van der Waals surface area contributed by atoms with E-state index in [1.54, 1.807) is 13.8 Å². The maximum Gasteiger partial charge on any atom is 0.407 e. The van der Waals surface area contributed by atoms with Crippen LogP contribution in [0, 0.1) is 5.92 Å². The molecular formula is C23H26N2O5. The molecule has 2 amide bonds. The molecule has 0 saturated heterocycles. The second-order valence-electron chi connectivity index (χ2n) is 7.76. The Kier molecular flexibility index (Phi) is 6.40. The summed E-state index contributed by atoms with van der Waals surface area (Å²) in [5.41, 5.74) is 4.45. The van der Waals surface area contributed by atoms with Crippen molar-refractivity contribution in [3.63, 3.8) is 0 Å². The quantitative estimate of drug-likeness (QED) is 0.650. The van der Waals surface area contributed by atoms with E-state index in [9.17, 15) is 14.4 Å². The average Bonchev–Trinajstić information content (AvgIpc) is 3.04. The van der Waals surface area contributed by atoms with Gasteiger partial charge in [-0.25, -0.2) is 4.79 Å². The standard InChI is InChI=1S/C23H26N2O5/c1-13(2)20(21(26)24-14(3)22(27)28)25-23(29)30-12-19-17-10-6-4-8-15(17)16-9-5-7-11-18(16)19/h4-11,13-14,19-20H,12H2,1-3H3,(H,24,26)(H,25,29)(H,27,28)/t14?,20-/m1/s1. The van der Waals surface area contributed by atoms with Gasteiger partial charge in [-0.1, -0.05) is 62.4 Å². The third-order valence-electron chi connectivity index (χ3n) is 5.30. The van der Waals surface area contributed by atoms with Gasteiger partial charge < -0.3 is 20.5 Å². The topological polar surface area (TPSA) is 105 Å². The highest BCUT2D eigenvalue weighted by Crippen LogP contribution is 2.44. The molecule has 0 radical (unpaired) electrons. The number of rotatable bonds is 7. The first-order valence-electron chi connectivity index (χ1n) is 9.94. The van der Waals surface area contributed by atoms with Crippen LogP contribution in [0.2, 0.25) is 0 Å². The molecule has 2 atom stereocenters. The normalized spacial score (nSPS) is 14.4. The summed E-state index contributed by atoms with van der Waals surface area (Å²) in [6.07, 6.45) is -0.714. The van der Waals surface area contributed by atoms with Crippen LogP contribution in [0.15, 0.2) is 48.5 Å². The van der Waals surface area contributed by atoms with E-state index >= 15 is 0 Å². The first-order chi connectivity index (χ1) is 14.3. The summed E-state index contributed by atoms with van der Waals surface area (Å²) in [4.78, 5) is 35.8. The Hall–Kier alpha value is -3.35. The van der Waals surface area contributed by atoms with Crippen LogP contribution in [0.4, 0.5) is 4.79 Å². The number of carboxylic acids is 1. The number of carbonyl (C=O) groups excluding carboxylic acids is 2. The SMILES string of the molecule is CC(NC(=O)[C@H](NC(=O)OCC1c2ccccc2-c2ccccc21)C(C)C)C(=O)O. The molecule has 0 spiro atoms. The average molecular weight is 410 g/mol. The number of carboxylic acid groups (broad SMARTS) is 1. The van der Waals surface area contributed by atoms with E-state index < -0.39 is 30.1 Å². The van der Waals surface area contributed by atoms with Gasteiger partial charge in [0.15, 0.2) is 0 Å². The Balaban J connectivity index is 1.66. The smallest absolute Gasteiger partial charge is 0.407 e. The molecule has 0 fully saturated rings. The maximum absolute atomic E-state index is 12.4. The number of ether oxygens (including phenoxy) is 1. The lowest BCUT2D eigenvalue weighted by molar-refractivity contribution is -0.141. The van der Waals surface area contributed by atoms with Gasteiger partial charge in [0, 0.05) is 5.92 Å². The van der Waals surface area contributed by atoms with E-state index in [0.29, 0.717) is 0 Å². The Morgan fingerprint density at radius 1 is 0.933 bits per heavy atom. The van der Waals surface area contributed by atoms with E-state index in [1.165, 1.54) is 6.92 Å². The summed E-state index contributed by atoms with van der Waals surface area (Å²) >= 11 is 0. The molecule has 1 unspecified atom stereocenters. The molecule has 7 heteroatoms. The summed E-state index contributed by atoms with van der Waals surface area (Å²) < 4.78 is 5.48. The minimum absolute atomic E-state index is 0.0819. The molecule has 158 valence electrons. The molecular weight excluding hydrogens is 384 g/mol. The Labute approximate surface area is 175 Å². The van der Waals surface area contributed by atoms with Gasteiger partial charge >= 0.3 is 12.1 Å². The largest absolute Gasteiger partial charge is 0.480 e. The van der Waals surface area contributed by atoms with Gasteiger partial charge in [-0.05, 0) is 35.1 Å². The van der Waals surface area contributed by atoms with E-state index in [1.807, 2.05) is 36.4 Å². The molecule has 0 saturated carbocycles. The van der Waals surface area contributed by atoms with Crippen LogP contribution in [-0.4, -0.2) is 41.8 Å². The van der Waals surface area contributed by atoms with Gasteiger partial charge in [0.05, 0.1) is 0 Å². The number of carbonyl (C=O) groups is 3. The maximum atomic E-state index is 12.4. The highest BCUT2D eigenvalue weighted by atomic mass is 16.5. The van der Waals surface area contributed by atoms with Crippen LogP contribution < -0.4 is 10.6 Å². The van der Waals surface area contributed by atoms with Gasteiger partial charge in [0.1, 0.15) is 18.7 Å². The molecule has 7 nitrogen and oxygen atoms in total. The predicted molar refractivity (Wildman–Crippen MR) is 112 cm³/mol. The number of alkyl carbamates (subject to hydrolysis) is 1. The minimum Gasteiger partial charge on any atom is -0.480 e. The van der Waals surface area contributed by atoms with Crippen molar-refractivity contribution in [3.8, 4) is 11.1 Å². The molecule has 2 aromatic carbocycles.